The molecular formula is C19H20N2O2. The number of rotatable bonds is 2. The van der Waals surface area contributed by atoms with Gasteiger partial charge in [0, 0.05) is 17.8 Å². The first-order chi connectivity index (χ1) is 11.3. The molecule has 0 atom stereocenters. The van der Waals surface area contributed by atoms with E-state index in [9.17, 15) is 5.26 Å². The first-order valence-corrected chi connectivity index (χ1v) is 8.18. The van der Waals surface area contributed by atoms with Crippen molar-refractivity contribution in [3.8, 4) is 28.8 Å². The molecule has 118 valence electrons. The van der Waals surface area contributed by atoms with Gasteiger partial charge >= 0.3 is 0 Å². The fourth-order valence-electron chi connectivity index (χ4n) is 4.10. The van der Waals surface area contributed by atoms with Gasteiger partial charge in [-0.2, -0.15) is 5.26 Å². The minimum Gasteiger partial charge on any atom is -0.493 e. The molecule has 2 heterocycles. The lowest BCUT2D eigenvalue weighted by atomic mass is 9.92. The van der Waals surface area contributed by atoms with Crippen molar-refractivity contribution < 1.29 is 9.47 Å². The Hall–Kier alpha value is -2.41. The van der Waals surface area contributed by atoms with Crippen molar-refractivity contribution in [3.63, 3.8) is 0 Å². The van der Waals surface area contributed by atoms with Gasteiger partial charge in [-0.15, -0.1) is 0 Å². The molecule has 0 spiro atoms. The van der Waals surface area contributed by atoms with Crippen LogP contribution in [0.25, 0.3) is 11.3 Å². The third-order valence-corrected chi connectivity index (χ3v) is 5.15. The monoisotopic (exact) mass is 308 g/mol. The lowest BCUT2D eigenvalue weighted by molar-refractivity contribution is 0.354. The van der Waals surface area contributed by atoms with Crippen molar-refractivity contribution in [1.29, 1.82) is 5.26 Å². The standard InChI is InChI=1S/C19H20N2O2/c1-22-17-9-12-7-8-21-16-6-4-3-5-13(16)15(11-20)19(21)14(12)10-18(17)23-2/h9-10H,3-8H2,1-2H3. The number of hydrogen-bond acceptors (Lipinski definition) is 3. The Morgan fingerprint density at radius 3 is 2.52 bits per heavy atom. The molecule has 4 nitrogen and oxygen atoms in total. The molecule has 0 amide bonds. The van der Waals surface area contributed by atoms with Crippen LogP contribution in [0, 0.1) is 11.3 Å². The second-order valence-corrected chi connectivity index (χ2v) is 6.23. The molecule has 0 saturated heterocycles. The molecule has 4 heteroatoms. The van der Waals surface area contributed by atoms with E-state index in [0.717, 1.165) is 54.1 Å². The summed E-state index contributed by atoms with van der Waals surface area (Å²) < 4.78 is 13.3. The largest absolute Gasteiger partial charge is 0.493 e. The predicted molar refractivity (Wildman–Crippen MR) is 88.0 cm³/mol. The minimum atomic E-state index is 0.725. The van der Waals surface area contributed by atoms with Crippen molar-refractivity contribution in [2.45, 2.75) is 38.6 Å². The highest BCUT2D eigenvalue weighted by atomic mass is 16.5. The van der Waals surface area contributed by atoms with E-state index >= 15 is 0 Å². The number of nitriles is 1. The fourth-order valence-corrected chi connectivity index (χ4v) is 4.10. The molecule has 0 unspecified atom stereocenters. The summed E-state index contributed by atoms with van der Waals surface area (Å²) in [6, 6.07) is 6.57. The zero-order valence-electron chi connectivity index (χ0n) is 13.6. The SMILES string of the molecule is COc1cc2c(cc1OC)-c1c(C#N)c3c(n1CC2)CCCC3. The Kier molecular flexibility index (Phi) is 3.30. The number of hydrogen-bond donors (Lipinski definition) is 0. The van der Waals surface area contributed by atoms with Crippen molar-refractivity contribution in [3.05, 3.63) is 34.5 Å². The van der Waals surface area contributed by atoms with Gasteiger partial charge in [0.05, 0.1) is 25.5 Å². The third-order valence-electron chi connectivity index (χ3n) is 5.15. The zero-order valence-corrected chi connectivity index (χ0v) is 13.6. The number of methoxy groups -OCH3 is 2. The summed E-state index contributed by atoms with van der Waals surface area (Å²) in [6.07, 6.45) is 5.49. The molecule has 0 saturated carbocycles. The van der Waals surface area contributed by atoms with Crippen LogP contribution in [-0.4, -0.2) is 18.8 Å². The molecule has 0 radical (unpaired) electrons. The Labute approximate surface area is 136 Å². The van der Waals surface area contributed by atoms with Gasteiger partial charge < -0.3 is 14.0 Å². The minimum absolute atomic E-state index is 0.725. The molecule has 0 fully saturated rings. The summed E-state index contributed by atoms with van der Waals surface area (Å²) in [6.45, 7) is 0.946. The summed E-state index contributed by atoms with van der Waals surface area (Å²) in [7, 11) is 3.32. The third kappa shape index (κ3) is 1.96. The maximum Gasteiger partial charge on any atom is 0.161 e. The van der Waals surface area contributed by atoms with Gasteiger partial charge in [-0.3, -0.25) is 0 Å². The van der Waals surface area contributed by atoms with Gasteiger partial charge in [0.15, 0.2) is 11.5 Å². The van der Waals surface area contributed by atoms with Gasteiger partial charge in [-0.25, -0.2) is 0 Å². The van der Waals surface area contributed by atoms with Crippen LogP contribution in [0.2, 0.25) is 0 Å². The van der Waals surface area contributed by atoms with Crippen LogP contribution in [0.3, 0.4) is 0 Å². The Bertz CT molecular complexity index is 827. The molecule has 0 bridgehead atoms. The van der Waals surface area contributed by atoms with Crippen LogP contribution in [-0.2, 0) is 25.8 Å². The maximum atomic E-state index is 9.77. The van der Waals surface area contributed by atoms with Crippen LogP contribution >= 0.6 is 0 Å². The normalized spacial score (nSPS) is 15.2. The van der Waals surface area contributed by atoms with E-state index in [0.29, 0.717) is 0 Å². The number of aromatic nitrogens is 1. The summed E-state index contributed by atoms with van der Waals surface area (Å²) >= 11 is 0. The highest BCUT2D eigenvalue weighted by Crippen LogP contribution is 2.43. The molecule has 2 aliphatic rings. The van der Waals surface area contributed by atoms with E-state index in [1.807, 2.05) is 6.07 Å². The van der Waals surface area contributed by atoms with Crippen molar-refractivity contribution in [2.24, 2.45) is 0 Å². The van der Waals surface area contributed by atoms with Crippen LogP contribution in [0.4, 0.5) is 0 Å². The molecule has 0 N–H and O–H groups in total. The highest BCUT2D eigenvalue weighted by molar-refractivity contribution is 5.77. The summed E-state index contributed by atoms with van der Waals surface area (Å²) in [5.74, 6) is 1.48. The molecular weight excluding hydrogens is 288 g/mol. The van der Waals surface area contributed by atoms with E-state index in [-0.39, 0.29) is 0 Å². The highest BCUT2D eigenvalue weighted by Gasteiger charge is 2.29. The van der Waals surface area contributed by atoms with E-state index in [2.05, 4.69) is 16.7 Å². The number of nitrogens with zero attached hydrogens (tertiary/aromatic N) is 2. The lowest BCUT2D eigenvalue weighted by Gasteiger charge is -2.24. The Morgan fingerprint density at radius 1 is 1.04 bits per heavy atom. The first kappa shape index (κ1) is 14.2. The smallest absolute Gasteiger partial charge is 0.161 e. The van der Waals surface area contributed by atoms with E-state index in [1.54, 1.807) is 14.2 Å². The van der Waals surface area contributed by atoms with Gasteiger partial charge in [0.25, 0.3) is 0 Å². The average Bonchev–Trinajstić information content (AvgIpc) is 2.94. The maximum absolute atomic E-state index is 9.77. The number of ether oxygens (including phenoxy) is 2. The van der Waals surface area contributed by atoms with E-state index < -0.39 is 0 Å². The van der Waals surface area contributed by atoms with Gasteiger partial charge in [-0.1, -0.05) is 0 Å². The molecule has 1 aromatic heterocycles. The molecule has 1 aliphatic carbocycles. The van der Waals surface area contributed by atoms with Gasteiger partial charge in [-0.05, 0) is 55.4 Å². The van der Waals surface area contributed by atoms with Crippen molar-refractivity contribution >= 4 is 0 Å². The van der Waals surface area contributed by atoms with Gasteiger partial charge in [0.1, 0.15) is 6.07 Å². The number of aryl methyl sites for hydroxylation is 1. The molecule has 23 heavy (non-hydrogen) atoms. The second-order valence-electron chi connectivity index (χ2n) is 6.23. The van der Waals surface area contributed by atoms with Crippen LogP contribution in [0.15, 0.2) is 12.1 Å². The quantitative estimate of drug-likeness (QED) is 0.853. The fraction of sp³-hybridized carbons (Fsp3) is 0.421. The van der Waals surface area contributed by atoms with Crippen LogP contribution < -0.4 is 9.47 Å². The predicted octanol–water partition coefficient (Wildman–Crippen LogP) is 3.48. The average molecular weight is 308 g/mol. The number of fused-ring (bicyclic) bond motifs is 5. The zero-order chi connectivity index (χ0) is 16.0. The molecule has 2 aromatic rings. The van der Waals surface area contributed by atoms with Crippen molar-refractivity contribution in [1.82, 2.24) is 4.57 Å². The molecule has 1 aliphatic heterocycles. The molecule has 1 aromatic carbocycles. The van der Waals surface area contributed by atoms with Crippen LogP contribution in [0.5, 0.6) is 11.5 Å². The number of benzene rings is 1. The topological polar surface area (TPSA) is 47.2 Å². The van der Waals surface area contributed by atoms with E-state index in [4.69, 9.17) is 9.47 Å². The Balaban J connectivity index is 1.99. The molecule has 4 rings (SSSR count). The first-order valence-electron chi connectivity index (χ1n) is 8.18. The summed E-state index contributed by atoms with van der Waals surface area (Å²) in [4.78, 5) is 0. The Morgan fingerprint density at radius 2 is 1.78 bits per heavy atom. The van der Waals surface area contributed by atoms with Gasteiger partial charge in [0.2, 0.25) is 0 Å². The summed E-state index contributed by atoms with van der Waals surface area (Å²) in [5.41, 5.74) is 6.97. The van der Waals surface area contributed by atoms with Crippen LogP contribution in [0.1, 0.15) is 35.2 Å². The van der Waals surface area contributed by atoms with E-state index in [1.165, 1.54) is 29.7 Å². The second kappa shape index (κ2) is 5.34. The summed E-state index contributed by atoms with van der Waals surface area (Å²) in [5, 5.41) is 9.77. The lowest BCUT2D eigenvalue weighted by Crippen LogP contribution is -2.15. The van der Waals surface area contributed by atoms with Crippen molar-refractivity contribution in [2.75, 3.05) is 14.2 Å².